The van der Waals surface area contributed by atoms with E-state index in [1.54, 1.807) is 12.1 Å². The van der Waals surface area contributed by atoms with Crippen LogP contribution in [0.3, 0.4) is 0 Å². The standard InChI is InChI=1S/C18H21F2N/c1-2-13-21-17(12-11-14-7-4-3-5-8-14)15-9-6-10-16(19)18(15)20/h3-10,17,21H,2,11-13H2,1H3. The minimum atomic E-state index is -0.782. The Morgan fingerprint density at radius 1 is 1.00 bits per heavy atom. The van der Waals surface area contributed by atoms with Crippen LogP contribution in [0.2, 0.25) is 0 Å². The fourth-order valence-electron chi connectivity index (χ4n) is 2.43. The first-order valence-electron chi connectivity index (χ1n) is 7.43. The van der Waals surface area contributed by atoms with Gasteiger partial charge in [0.25, 0.3) is 0 Å². The molecule has 0 bridgehead atoms. The van der Waals surface area contributed by atoms with Crippen molar-refractivity contribution in [1.29, 1.82) is 0 Å². The molecule has 1 N–H and O–H groups in total. The van der Waals surface area contributed by atoms with Gasteiger partial charge in [-0.1, -0.05) is 49.4 Å². The van der Waals surface area contributed by atoms with Gasteiger partial charge in [0.2, 0.25) is 0 Å². The monoisotopic (exact) mass is 289 g/mol. The van der Waals surface area contributed by atoms with E-state index in [1.165, 1.54) is 5.56 Å². The van der Waals surface area contributed by atoms with Crippen LogP contribution in [-0.2, 0) is 6.42 Å². The number of hydrogen-bond donors (Lipinski definition) is 1. The van der Waals surface area contributed by atoms with Crippen LogP contribution in [0, 0.1) is 11.6 Å². The molecule has 1 unspecified atom stereocenters. The topological polar surface area (TPSA) is 12.0 Å². The second-order valence-electron chi connectivity index (χ2n) is 5.17. The SMILES string of the molecule is CCCNC(CCc1ccccc1)c1cccc(F)c1F. The lowest BCUT2D eigenvalue weighted by molar-refractivity contribution is 0.446. The molecule has 1 nitrogen and oxygen atoms in total. The van der Waals surface area contributed by atoms with Crippen molar-refractivity contribution in [2.24, 2.45) is 0 Å². The maximum Gasteiger partial charge on any atom is 0.163 e. The van der Waals surface area contributed by atoms with Gasteiger partial charge < -0.3 is 5.32 Å². The summed E-state index contributed by atoms with van der Waals surface area (Å²) >= 11 is 0. The van der Waals surface area contributed by atoms with Gasteiger partial charge in [-0.15, -0.1) is 0 Å². The first kappa shape index (κ1) is 15.6. The number of hydrogen-bond acceptors (Lipinski definition) is 1. The molecule has 0 aliphatic rings. The van der Waals surface area contributed by atoms with Crippen molar-refractivity contribution in [2.45, 2.75) is 32.2 Å². The van der Waals surface area contributed by atoms with Crippen LogP contribution in [-0.4, -0.2) is 6.54 Å². The quantitative estimate of drug-likeness (QED) is 0.783. The molecule has 112 valence electrons. The van der Waals surface area contributed by atoms with Crippen LogP contribution in [0.25, 0.3) is 0 Å². The number of halogens is 2. The van der Waals surface area contributed by atoms with Crippen LogP contribution >= 0.6 is 0 Å². The molecule has 3 heteroatoms. The molecule has 21 heavy (non-hydrogen) atoms. The molecule has 0 aliphatic carbocycles. The lowest BCUT2D eigenvalue weighted by atomic mass is 9.98. The van der Waals surface area contributed by atoms with Crippen molar-refractivity contribution < 1.29 is 8.78 Å². The van der Waals surface area contributed by atoms with Gasteiger partial charge in [-0.3, -0.25) is 0 Å². The van der Waals surface area contributed by atoms with Gasteiger partial charge in [-0.25, -0.2) is 8.78 Å². The molecule has 0 fully saturated rings. The maximum atomic E-state index is 14.0. The van der Waals surface area contributed by atoms with Gasteiger partial charge in [0.15, 0.2) is 11.6 Å². The fraction of sp³-hybridized carbons (Fsp3) is 0.333. The van der Waals surface area contributed by atoms with E-state index in [0.717, 1.165) is 31.9 Å². The first-order chi connectivity index (χ1) is 10.2. The molecule has 0 amide bonds. The van der Waals surface area contributed by atoms with Crippen molar-refractivity contribution in [3.05, 3.63) is 71.3 Å². The molecule has 0 saturated carbocycles. The average molecular weight is 289 g/mol. The summed E-state index contributed by atoms with van der Waals surface area (Å²) in [5.41, 5.74) is 1.62. The second-order valence-corrected chi connectivity index (χ2v) is 5.17. The zero-order valence-corrected chi connectivity index (χ0v) is 12.3. The molecular weight excluding hydrogens is 268 g/mol. The molecule has 0 aromatic heterocycles. The Labute approximate surface area is 125 Å². The Balaban J connectivity index is 2.12. The third-order valence-corrected chi connectivity index (χ3v) is 3.56. The summed E-state index contributed by atoms with van der Waals surface area (Å²) in [5.74, 6) is -1.52. The number of rotatable bonds is 7. The highest BCUT2D eigenvalue weighted by Gasteiger charge is 2.17. The molecular formula is C18H21F2N. The summed E-state index contributed by atoms with van der Waals surface area (Å²) in [4.78, 5) is 0. The zero-order chi connectivity index (χ0) is 15.1. The second kappa shape index (κ2) is 7.89. The van der Waals surface area contributed by atoms with E-state index in [-0.39, 0.29) is 6.04 Å². The molecule has 1 atom stereocenters. The van der Waals surface area contributed by atoms with E-state index in [2.05, 4.69) is 24.4 Å². The summed E-state index contributed by atoms with van der Waals surface area (Å²) < 4.78 is 27.4. The van der Waals surface area contributed by atoms with Crippen molar-refractivity contribution in [1.82, 2.24) is 5.32 Å². The van der Waals surface area contributed by atoms with Crippen molar-refractivity contribution in [2.75, 3.05) is 6.54 Å². The molecule has 2 aromatic rings. The first-order valence-corrected chi connectivity index (χ1v) is 7.43. The Morgan fingerprint density at radius 2 is 1.76 bits per heavy atom. The van der Waals surface area contributed by atoms with E-state index >= 15 is 0 Å². The van der Waals surface area contributed by atoms with Crippen molar-refractivity contribution in [3.63, 3.8) is 0 Å². The van der Waals surface area contributed by atoms with E-state index in [0.29, 0.717) is 5.56 Å². The average Bonchev–Trinajstić information content (AvgIpc) is 2.52. The molecule has 0 aliphatic heterocycles. The normalized spacial score (nSPS) is 12.3. The minimum Gasteiger partial charge on any atom is -0.310 e. The summed E-state index contributed by atoms with van der Waals surface area (Å²) in [6.07, 6.45) is 2.53. The van der Waals surface area contributed by atoms with E-state index in [1.807, 2.05) is 18.2 Å². The summed E-state index contributed by atoms with van der Waals surface area (Å²) in [6.45, 7) is 2.85. The van der Waals surface area contributed by atoms with Crippen molar-refractivity contribution in [3.8, 4) is 0 Å². The van der Waals surface area contributed by atoms with E-state index in [4.69, 9.17) is 0 Å². The highest BCUT2D eigenvalue weighted by atomic mass is 19.2. The lowest BCUT2D eigenvalue weighted by Gasteiger charge is -2.20. The van der Waals surface area contributed by atoms with Gasteiger partial charge in [-0.2, -0.15) is 0 Å². The Kier molecular flexibility index (Phi) is 5.88. The van der Waals surface area contributed by atoms with E-state index in [9.17, 15) is 8.78 Å². The molecule has 0 saturated heterocycles. The smallest absolute Gasteiger partial charge is 0.163 e. The van der Waals surface area contributed by atoms with Gasteiger partial charge >= 0.3 is 0 Å². The number of nitrogens with one attached hydrogen (secondary N) is 1. The summed E-state index contributed by atoms with van der Waals surface area (Å²) in [7, 11) is 0. The fourth-order valence-corrected chi connectivity index (χ4v) is 2.43. The maximum absolute atomic E-state index is 14.0. The van der Waals surface area contributed by atoms with Crippen LogP contribution in [0.4, 0.5) is 8.78 Å². The van der Waals surface area contributed by atoms with Crippen LogP contribution in [0.1, 0.15) is 36.9 Å². The predicted octanol–water partition coefficient (Wildman–Crippen LogP) is 4.64. The Hall–Kier alpha value is -1.74. The lowest BCUT2D eigenvalue weighted by Crippen LogP contribution is -2.24. The third kappa shape index (κ3) is 4.36. The van der Waals surface area contributed by atoms with Crippen molar-refractivity contribution >= 4 is 0 Å². The molecule has 0 spiro atoms. The van der Waals surface area contributed by atoms with Gasteiger partial charge in [-0.05, 0) is 37.4 Å². The van der Waals surface area contributed by atoms with Crippen LogP contribution in [0.15, 0.2) is 48.5 Å². The predicted molar refractivity (Wildman–Crippen MR) is 82.2 cm³/mol. The van der Waals surface area contributed by atoms with Gasteiger partial charge in [0.1, 0.15) is 0 Å². The number of aryl methyl sites for hydroxylation is 1. The third-order valence-electron chi connectivity index (χ3n) is 3.56. The highest BCUT2D eigenvalue weighted by molar-refractivity contribution is 5.23. The zero-order valence-electron chi connectivity index (χ0n) is 12.3. The number of benzene rings is 2. The highest BCUT2D eigenvalue weighted by Crippen LogP contribution is 2.23. The Morgan fingerprint density at radius 3 is 2.48 bits per heavy atom. The minimum absolute atomic E-state index is 0.166. The molecule has 2 aromatic carbocycles. The Bertz CT molecular complexity index is 554. The summed E-state index contributed by atoms with van der Waals surface area (Å²) in [6, 6.07) is 14.3. The van der Waals surface area contributed by atoms with Crippen LogP contribution < -0.4 is 5.32 Å². The largest absolute Gasteiger partial charge is 0.310 e. The summed E-state index contributed by atoms with van der Waals surface area (Å²) in [5, 5.41) is 3.32. The molecule has 2 rings (SSSR count). The van der Waals surface area contributed by atoms with Gasteiger partial charge in [0, 0.05) is 11.6 Å². The molecule has 0 radical (unpaired) electrons. The van der Waals surface area contributed by atoms with E-state index < -0.39 is 11.6 Å². The van der Waals surface area contributed by atoms with Crippen LogP contribution in [0.5, 0.6) is 0 Å². The van der Waals surface area contributed by atoms with Gasteiger partial charge in [0.05, 0.1) is 0 Å². The molecule has 0 heterocycles.